The third-order valence-electron chi connectivity index (χ3n) is 5.22. The van der Waals surface area contributed by atoms with Gasteiger partial charge in [0.05, 0.1) is 23.0 Å². The van der Waals surface area contributed by atoms with Gasteiger partial charge in [0.15, 0.2) is 5.78 Å². The maximum atomic E-state index is 11.5. The predicted molar refractivity (Wildman–Crippen MR) is 93.7 cm³/mol. The van der Waals surface area contributed by atoms with E-state index in [4.69, 9.17) is 4.74 Å². The van der Waals surface area contributed by atoms with Crippen molar-refractivity contribution in [3.8, 4) is 0 Å². The number of nitrogens with zero attached hydrogens (tertiary/aromatic N) is 3. The van der Waals surface area contributed by atoms with Crippen molar-refractivity contribution in [1.29, 1.82) is 0 Å². The minimum Gasteiger partial charge on any atom is -0.370 e. The Labute approximate surface area is 148 Å². The first-order valence-electron chi connectivity index (χ1n) is 8.90. The topological polar surface area (TPSA) is 84.4 Å². The molecule has 2 fully saturated rings. The van der Waals surface area contributed by atoms with Crippen molar-refractivity contribution in [1.82, 2.24) is 15.3 Å². The molecule has 2 aliphatic rings. The monoisotopic (exact) mass is 346 g/mol. The van der Waals surface area contributed by atoms with Crippen LogP contribution in [0.25, 0.3) is 0 Å². The number of nitrogens with one attached hydrogen (secondary N) is 1. The van der Waals surface area contributed by atoms with E-state index in [1.54, 1.807) is 6.20 Å². The molecule has 3 rings (SSSR count). The minimum absolute atomic E-state index is 0.00813. The Morgan fingerprint density at radius 3 is 2.64 bits per heavy atom. The first-order valence-corrected chi connectivity index (χ1v) is 8.90. The lowest BCUT2D eigenvalue weighted by molar-refractivity contribution is -0.120. The molecular weight excluding hydrogens is 320 g/mol. The smallest absolute Gasteiger partial charge is 0.225 e. The number of piperidine rings is 1. The van der Waals surface area contributed by atoms with Crippen molar-refractivity contribution in [2.45, 2.75) is 58.2 Å². The summed E-state index contributed by atoms with van der Waals surface area (Å²) in [6, 6.07) is 0. The fraction of sp³-hybridized carbons (Fsp3) is 0.667. The van der Waals surface area contributed by atoms with Crippen LogP contribution < -0.4 is 10.2 Å². The molecule has 0 aliphatic carbocycles. The van der Waals surface area contributed by atoms with E-state index in [-0.39, 0.29) is 23.4 Å². The summed E-state index contributed by atoms with van der Waals surface area (Å²) in [6.07, 6.45) is 5.63. The molecule has 1 aromatic rings. The number of hydrogen-bond donors (Lipinski definition) is 1. The SMILES string of the molecule is CC(=O)NCC1CCC2(CCN(c3ncc(C(C)=O)c(C)n3)CC2)O1. The molecule has 1 amide bonds. The lowest BCUT2D eigenvalue weighted by atomic mass is 9.88. The van der Waals surface area contributed by atoms with Crippen molar-refractivity contribution in [2.75, 3.05) is 24.5 Å². The number of amides is 1. The zero-order chi connectivity index (χ0) is 18.0. The molecule has 1 unspecified atom stereocenters. The average Bonchev–Trinajstić information content (AvgIpc) is 2.96. The molecule has 1 aromatic heterocycles. The summed E-state index contributed by atoms with van der Waals surface area (Å²) in [7, 11) is 0. The number of carbonyl (C=O) groups is 2. The van der Waals surface area contributed by atoms with Gasteiger partial charge in [0.1, 0.15) is 0 Å². The Morgan fingerprint density at radius 1 is 1.32 bits per heavy atom. The van der Waals surface area contributed by atoms with Crippen molar-refractivity contribution >= 4 is 17.6 Å². The number of ketones is 1. The number of carbonyl (C=O) groups excluding carboxylic acids is 2. The summed E-state index contributed by atoms with van der Waals surface area (Å²) in [5.74, 6) is 0.664. The maximum absolute atomic E-state index is 11.5. The molecule has 1 spiro atoms. The second-order valence-corrected chi connectivity index (χ2v) is 7.11. The Hall–Kier alpha value is -2.02. The Morgan fingerprint density at radius 2 is 2.04 bits per heavy atom. The molecule has 136 valence electrons. The predicted octanol–water partition coefficient (Wildman–Crippen LogP) is 1.64. The van der Waals surface area contributed by atoms with E-state index in [1.807, 2.05) is 6.92 Å². The maximum Gasteiger partial charge on any atom is 0.225 e. The van der Waals surface area contributed by atoms with Gasteiger partial charge in [-0.25, -0.2) is 9.97 Å². The largest absolute Gasteiger partial charge is 0.370 e. The van der Waals surface area contributed by atoms with Gasteiger partial charge < -0.3 is 15.0 Å². The molecule has 7 nitrogen and oxygen atoms in total. The van der Waals surface area contributed by atoms with Crippen molar-refractivity contribution in [3.63, 3.8) is 0 Å². The van der Waals surface area contributed by atoms with Gasteiger partial charge in [-0.15, -0.1) is 0 Å². The van der Waals surface area contributed by atoms with Gasteiger partial charge in [-0.1, -0.05) is 0 Å². The summed E-state index contributed by atoms with van der Waals surface area (Å²) < 4.78 is 6.27. The van der Waals surface area contributed by atoms with Gasteiger partial charge in [-0.3, -0.25) is 9.59 Å². The Bertz CT molecular complexity index is 668. The number of ether oxygens (including phenoxy) is 1. The summed E-state index contributed by atoms with van der Waals surface area (Å²) >= 11 is 0. The van der Waals surface area contributed by atoms with Crippen LogP contribution in [0, 0.1) is 6.92 Å². The summed E-state index contributed by atoms with van der Waals surface area (Å²) in [5.41, 5.74) is 1.23. The highest BCUT2D eigenvalue weighted by atomic mass is 16.5. The molecule has 1 N–H and O–H groups in total. The zero-order valence-corrected chi connectivity index (χ0v) is 15.2. The molecule has 0 aromatic carbocycles. The van der Waals surface area contributed by atoms with Gasteiger partial charge >= 0.3 is 0 Å². The number of hydrogen-bond acceptors (Lipinski definition) is 6. The zero-order valence-electron chi connectivity index (χ0n) is 15.2. The molecule has 0 bridgehead atoms. The quantitative estimate of drug-likeness (QED) is 0.835. The number of aryl methyl sites for hydroxylation is 1. The molecule has 1 atom stereocenters. The van der Waals surface area contributed by atoms with E-state index in [2.05, 4.69) is 20.2 Å². The standard InChI is InChI=1S/C18H26N4O3/c1-12-16(13(2)23)11-20-17(21-12)22-8-6-18(7-9-22)5-4-15(25-18)10-19-14(3)24/h11,15H,4-10H2,1-3H3,(H,19,24). The van der Waals surface area contributed by atoms with E-state index in [0.29, 0.717) is 18.1 Å². The molecule has 0 saturated carbocycles. The summed E-state index contributed by atoms with van der Waals surface area (Å²) in [5, 5.41) is 2.84. The van der Waals surface area contributed by atoms with Gasteiger partial charge in [-0.2, -0.15) is 0 Å². The van der Waals surface area contributed by atoms with E-state index < -0.39 is 0 Å². The van der Waals surface area contributed by atoms with Gasteiger partial charge in [-0.05, 0) is 39.5 Å². The first kappa shape index (κ1) is 17.8. The molecule has 25 heavy (non-hydrogen) atoms. The molecule has 0 radical (unpaired) electrons. The van der Waals surface area contributed by atoms with E-state index in [0.717, 1.165) is 44.5 Å². The number of aromatic nitrogens is 2. The van der Waals surface area contributed by atoms with Gasteiger partial charge in [0.2, 0.25) is 11.9 Å². The second-order valence-electron chi connectivity index (χ2n) is 7.11. The van der Waals surface area contributed by atoms with Crippen LogP contribution in [0.15, 0.2) is 6.20 Å². The lowest BCUT2D eigenvalue weighted by Crippen LogP contribution is -2.45. The van der Waals surface area contributed by atoms with Crippen LogP contribution >= 0.6 is 0 Å². The Balaban J connectivity index is 1.58. The van der Waals surface area contributed by atoms with Crippen molar-refractivity contribution in [3.05, 3.63) is 17.5 Å². The number of Topliss-reactive ketones (excluding diaryl/α,β-unsaturated/α-hetero) is 1. The number of rotatable bonds is 4. The van der Waals surface area contributed by atoms with Gasteiger partial charge in [0, 0.05) is 32.8 Å². The normalized spacial score (nSPS) is 22.2. The fourth-order valence-corrected chi connectivity index (χ4v) is 3.73. The average molecular weight is 346 g/mol. The second kappa shape index (κ2) is 7.07. The highest BCUT2D eigenvalue weighted by Crippen LogP contribution is 2.39. The Kier molecular flexibility index (Phi) is 5.03. The van der Waals surface area contributed by atoms with E-state index >= 15 is 0 Å². The van der Waals surface area contributed by atoms with Crippen molar-refractivity contribution < 1.29 is 14.3 Å². The van der Waals surface area contributed by atoms with Crippen LogP contribution in [0.1, 0.15) is 55.6 Å². The summed E-state index contributed by atoms with van der Waals surface area (Å²) in [6.45, 7) is 7.18. The lowest BCUT2D eigenvalue weighted by Gasteiger charge is -2.39. The third kappa shape index (κ3) is 3.98. The van der Waals surface area contributed by atoms with Crippen molar-refractivity contribution in [2.24, 2.45) is 0 Å². The van der Waals surface area contributed by atoms with Crippen LogP contribution in [0.3, 0.4) is 0 Å². The minimum atomic E-state index is -0.0754. The third-order valence-corrected chi connectivity index (χ3v) is 5.22. The van der Waals surface area contributed by atoms with Gasteiger partial charge in [0.25, 0.3) is 0 Å². The van der Waals surface area contributed by atoms with Crippen LogP contribution in [0.5, 0.6) is 0 Å². The molecular formula is C18H26N4O3. The first-order chi connectivity index (χ1) is 11.9. The molecule has 7 heteroatoms. The van der Waals surface area contributed by atoms with E-state index in [9.17, 15) is 9.59 Å². The molecule has 2 aliphatic heterocycles. The van der Waals surface area contributed by atoms with Crippen LogP contribution in [-0.2, 0) is 9.53 Å². The summed E-state index contributed by atoms with van der Waals surface area (Å²) in [4.78, 5) is 33.6. The highest BCUT2D eigenvalue weighted by Gasteiger charge is 2.42. The highest BCUT2D eigenvalue weighted by molar-refractivity contribution is 5.94. The van der Waals surface area contributed by atoms with Crippen LogP contribution in [0.2, 0.25) is 0 Å². The fourth-order valence-electron chi connectivity index (χ4n) is 3.73. The van der Waals surface area contributed by atoms with E-state index in [1.165, 1.54) is 13.8 Å². The number of anilines is 1. The van der Waals surface area contributed by atoms with Crippen LogP contribution in [0.4, 0.5) is 5.95 Å². The molecule has 3 heterocycles. The van der Waals surface area contributed by atoms with Crippen LogP contribution in [-0.4, -0.2) is 53.0 Å². The molecule has 2 saturated heterocycles.